The third kappa shape index (κ3) is 2.10. The van der Waals surface area contributed by atoms with Crippen molar-refractivity contribution >= 4 is 18.0 Å². The molecule has 1 aliphatic heterocycles. The molecule has 0 aromatic heterocycles. The molecule has 1 aliphatic rings. The number of fused-ring (bicyclic) bond motifs is 1. The Hall–Kier alpha value is -2.89. The second-order valence-electron chi connectivity index (χ2n) is 4.35. The minimum Gasteiger partial charge on any atom is -0.267 e. The Bertz CT molecular complexity index is 732. The van der Waals surface area contributed by atoms with E-state index >= 15 is 0 Å². The number of hydrogen-bond donors (Lipinski definition) is 0. The SMILES string of the molecule is O=C1c2ccccc2C(=O)N1/N=C\c1c(F)cccc1F. The maximum Gasteiger partial charge on any atom is 0.282 e. The summed E-state index contributed by atoms with van der Waals surface area (Å²) in [5.41, 5.74) is 0.0244. The van der Waals surface area contributed by atoms with E-state index in [0.717, 1.165) is 18.3 Å². The molecule has 0 aliphatic carbocycles. The largest absolute Gasteiger partial charge is 0.282 e. The van der Waals surface area contributed by atoms with E-state index in [2.05, 4.69) is 5.10 Å². The van der Waals surface area contributed by atoms with E-state index in [1.165, 1.54) is 18.2 Å². The summed E-state index contributed by atoms with van der Waals surface area (Å²) >= 11 is 0. The number of carbonyl (C=O) groups excluding carboxylic acids is 2. The van der Waals surface area contributed by atoms with Crippen LogP contribution in [0.3, 0.4) is 0 Å². The van der Waals surface area contributed by atoms with Crippen LogP contribution < -0.4 is 0 Å². The van der Waals surface area contributed by atoms with Gasteiger partial charge >= 0.3 is 0 Å². The van der Waals surface area contributed by atoms with Crippen molar-refractivity contribution in [2.45, 2.75) is 0 Å². The van der Waals surface area contributed by atoms with Gasteiger partial charge in [-0.05, 0) is 24.3 Å². The topological polar surface area (TPSA) is 49.7 Å². The van der Waals surface area contributed by atoms with Crippen molar-refractivity contribution in [1.29, 1.82) is 0 Å². The van der Waals surface area contributed by atoms with E-state index in [9.17, 15) is 18.4 Å². The van der Waals surface area contributed by atoms with Crippen LogP contribution in [0.15, 0.2) is 47.6 Å². The maximum atomic E-state index is 13.5. The lowest BCUT2D eigenvalue weighted by Gasteiger charge is -2.06. The molecular weight excluding hydrogens is 278 g/mol. The number of hydrazone groups is 1. The van der Waals surface area contributed by atoms with Gasteiger partial charge in [0.05, 0.1) is 22.9 Å². The van der Waals surface area contributed by atoms with Crippen molar-refractivity contribution in [3.05, 3.63) is 70.8 Å². The van der Waals surface area contributed by atoms with Crippen LogP contribution >= 0.6 is 0 Å². The molecule has 0 radical (unpaired) electrons. The van der Waals surface area contributed by atoms with Gasteiger partial charge in [-0.3, -0.25) is 9.59 Å². The van der Waals surface area contributed by atoms with Crippen molar-refractivity contribution in [3.63, 3.8) is 0 Å². The Balaban J connectivity index is 1.96. The van der Waals surface area contributed by atoms with Crippen molar-refractivity contribution < 1.29 is 18.4 Å². The zero-order valence-electron chi connectivity index (χ0n) is 10.6. The van der Waals surface area contributed by atoms with Gasteiger partial charge in [0.2, 0.25) is 0 Å². The highest BCUT2D eigenvalue weighted by atomic mass is 19.1. The van der Waals surface area contributed by atoms with Crippen molar-refractivity contribution in [2.24, 2.45) is 5.10 Å². The van der Waals surface area contributed by atoms with Gasteiger partial charge in [-0.2, -0.15) is 10.1 Å². The highest BCUT2D eigenvalue weighted by Gasteiger charge is 2.35. The monoisotopic (exact) mass is 286 g/mol. The van der Waals surface area contributed by atoms with Gasteiger partial charge in [-0.1, -0.05) is 18.2 Å². The number of hydrogen-bond acceptors (Lipinski definition) is 3. The van der Waals surface area contributed by atoms with Crippen LogP contribution in [0.1, 0.15) is 26.3 Å². The third-order valence-electron chi connectivity index (χ3n) is 3.07. The molecular formula is C15H8F2N2O2. The summed E-state index contributed by atoms with van der Waals surface area (Å²) in [7, 11) is 0. The second-order valence-corrected chi connectivity index (χ2v) is 4.35. The molecule has 0 atom stereocenters. The number of benzene rings is 2. The van der Waals surface area contributed by atoms with E-state index in [0.29, 0.717) is 5.01 Å². The fourth-order valence-electron chi connectivity index (χ4n) is 2.03. The molecule has 2 aromatic rings. The number of carbonyl (C=O) groups is 2. The van der Waals surface area contributed by atoms with Crippen LogP contribution in [-0.2, 0) is 0 Å². The molecule has 1 heterocycles. The predicted molar refractivity (Wildman–Crippen MR) is 70.9 cm³/mol. The van der Waals surface area contributed by atoms with Crippen molar-refractivity contribution in [1.82, 2.24) is 5.01 Å². The lowest BCUT2D eigenvalue weighted by molar-refractivity contribution is 0.0660. The standard InChI is InChI=1S/C15H8F2N2O2/c16-12-6-3-7-13(17)11(12)8-18-19-14(20)9-4-1-2-5-10(9)15(19)21/h1-8H/b18-8-. The summed E-state index contributed by atoms with van der Waals surface area (Å²) < 4.78 is 26.9. The maximum absolute atomic E-state index is 13.5. The highest BCUT2D eigenvalue weighted by Crippen LogP contribution is 2.22. The lowest BCUT2D eigenvalue weighted by Crippen LogP contribution is -2.24. The fraction of sp³-hybridized carbons (Fsp3) is 0. The molecule has 104 valence electrons. The van der Waals surface area contributed by atoms with Crippen LogP contribution in [0.2, 0.25) is 0 Å². The average molecular weight is 286 g/mol. The van der Waals surface area contributed by atoms with Crippen LogP contribution in [0.5, 0.6) is 0 Å². The van der Waals surface area contributed by atoms with E-state index in [1.807, 2.05) is 0 Å². The number of nitrogens with zero attached hydrogens (tertiary/aromatic N) is 2. The number of imide groups is 1. The molecule has 0 spiro atoms. The molecule has 2 amide bonds. The van der Waals surface area contributed by atoms with Gasteiger partial charge < -0.3 is 0 Å². The number of halogens is 2. The summed E-state index contributed by atoms with van der Waals surface area (Å²) in [6.45, 7) is 0. The van der Waals surface area contributed by atoms with Gasteiger partial charge in [0.25, 0.3) is 11.8 Å². The first-order valence-electron chi connectivity index (χ1n) is 6.05. The zero-order valence-corrected chi connectivity index (χ0v) is 10.6. The Morgan fingerprint density at radius 3 is 1.90 bits per heavy atom. The van der Waals surface area contributed by atoms with E-state index < -0.39 is 29.0 Å². The van der Waals surface area contributed by atoms with Gasteiger partial charge in [0.1, 0.15) is 11.6 Å². The second kappa shape index (κ2) is 4.90. The quantitative estimate of drug-likeness (QED) is 0.629. The summed E-state index contributed by atoms with van der Waals surface area (Å²) in [5, 5.41) is 4.21. The first kappa shape index (κ1) is 13.1. The normalized spacial score (nSPS) is 14.1. The minimum atomic E-state index is -0.824. The predicted octanol–water partition coefficient (Wildman–Crippen LogP) is 2.59. The summed E-state index contributed by atoms with van der Waals surface area (Å²) in [4.78, 5) is 24.0. The molecule has 21 heavy (non-hydrogen) atoms. The van der Waals surface area contributed by atoms with Crippen molar-refractivity contribution in [2.75, 3.05) is 0 Å². The molecule has 0 bridgehead atoms. The summed E-state index contributed by atoms with van der Waals surface area (Å²) in [6, 6.07) is 9.56. The van der Waals surface area contributed by atoms with Crippen LogP contribution in [0.4, 0.5) is 8.78 Å². The molecule has 0 saturated heterocycles. The van der Waals surface area contributed by atoms with E-state index in [4.69, 9.17) is 0 Å². The molecule has 0 unspecified atom stereocenters. The molecule has 0 fully saturated rings. The van der Waals surface area contributed by atoms with E-state index in [-0.39, 0.29) is 11.1 Å². The smallest absolute Gasteiger partial charge is 0.267 e. The van der Waals surface area contributed by atoms with Crippen molar-refractivity contribution in [3.8, 4) is 0 Å². The highest BCUT2D eigenvalue weighted by molar-refractivity contribution is 6.21. The Morgan fingerprint density at radius 2 is 1.38 bits per heavy atom. The third-order valence-corrected chi connectivity index (χ3v) is 3.07. The Morgan fingerprint density at radius 1 is 0.857 bits per heavy atom. The van der Waals surface area contributed by atoms with E-state index in [1.54, 1.807) is 12.1 Å². The van der Waals surface area contributed by atoms with Gasteiger partial charge in [-0.25, -0.2) is 8.78 Å². The first-order valence-corrected chi connectivity index (χ1v) is 6.05. The van der Waals surface area contributed by atoms with Crippen LogP contribution in [0.25, 0.3) is 0 Å². The molecule has 0 N–H and O–H groups in total. The van der Waals surface area contributed by atoms with Crippen LogP contribution in [0, 0.1) is 11.6 Å². The van der Waals surface area contributed by atoms with Gasteiger partial charge in [-0.15, -0.1) is 0 Å². The zero-order chi connectivity index (χ0) is 15.0. The number of rotatable bonds is 2. The lowest BCUT2D eigenvalue weighted by atomic mass is 10.1. The van der Waals surface area contributed by atoms with Gasteiger partial charge in [0, 0.05) is 0 Å². The average Bonchev–Trinajstić information content (AvgIpc) is 2.72. The number of amides is 2. The van der Waals surface area contributed by atoms with Crippen LogP contribution in [-0.4, -0.2) is 23.0 Å². The fourth-order valence-corrected chi connectivity index (χ4v) is 2.03. The molecule has 3 rings (SSSR count). The Kier molecular flexibility index (Phi) is 3.06. The minimum absolute atomic E-state index is 0.216. The molecule has 2 aromatic carbocycles. The molecule has 6 heteroatoms. The first-order chi connectivity index (χ1) is 10.1. The summed E-state index contributed by atoms with van der Waals surface area (Å²) in [5.74, 6) is -2.89. The van der Waals surface area contributed by atoms with Gasteiger partial charge in [0.15, 0.2) is 0 Å². The summed E-state index contributed by atoms with van der Waals surface area (Å²) in [6.07, 6.45) is 0.826. The molecule has 4 nitrogen and oxygen atoms in total. The molecule has 0 saturated carbocycles. The Labute approximate surface area is 118 Å².